The van der Waals surface area contributed by atoms with Gasteiger partial charge in [0.25, 0.3) is 12.3 Å². The maximum Gasteiger partial charge on any atom is 0.368 e. The van der Waals surface area contributed by atoms with Gasteiger partial charge in [0.15, 0.2) is 0 Å². The lowest BCUT2D eigenvalue weighted by Gasteiger charge is -2.07. The third-order valence-electron chi connectivity index (χ3n) is 2.71. The van der Waals surface area contributed by atoms with Crippen LogP contribution in [-0.2, 0) is 11.9 Å². The van der Waals surface area contributed by atoms with Crippen molar-refractivity contribution < 1.29 is 32.0 Å². The number of aromatic nitrogens is 2. The third kappa shape index (κ3) is 3.47. The molecule has 1 aromatic heterocycles. The number of nitrogens with one attached hydrogen (secondary N) is 1. The Labute approximate surface area is 126 Å². The van der Waals surface area contributed by atoms with Crippen LogP contribution in [0.2, 0.25) is 0 Å². The molecule has 122 valence electrons. The van der Waals surface area contributed by atoms with E-state index in [1.54, 1.807) is 5.48 Å². The van der Waals surface area contributed by atoms with E-state index in [9.17, 15) is 27.2 Å². The number of benzene rings is 1. The summed E-state index contributed by atoms with van der Waals surface area (Å²) in [4.78, 5) is 27.5. The fourth-order valence-electron chi connectivity index (χ4n) is 1.73. The van der Waals surface area contributed by atoms with Crippen LogP contribution in [0.25, 0.3) is 0 Å². The minimum absolute atomic E-state index is 0.538. The molecule has 1 aromatic carbocycles. The molecule has 0 aliphatic rings. The van der Waals surface area contributed by atoms with Crippen molar-refractivity contribution in [2.45, 2.75) is 6.43 Å². The minimum Gasteiger partial charge on any atom is -0.335 e. The summed E-state index contributed by atoms with van der Waals surface area (Å²) in [6, 6.07) is 2.67. The highest BCUT2D eigenvalue weighted by atomic mass is 19.3. The first kappa shape index (κ1) is 16.5. The summed E-state index contributed by atoms with van der Waals surface area (Å²) in [5.41, 5.74) is -0.827. The zero-order chi connectivity index (χ0) is 17.1. The Kier molecular flexibility index (Phi) is 4.63. The SMILES string of the molecule is Cn1cc(C(=O)NOC(=O)c2c(F)cccc2F)c(C(F)F)n1. The fourth-order valence-corrected chi connectivity index (χ4v) is 1.73. The number of rotatable bonds is 3. The number of hydrogen-bond acceptors (Lipinski definition) is 4. The highest BCUT2D eigenvalue weighted by molar-refractivity contribution is 5.96. The van der Waals surface area contributed by atoms with E-state index in [4.69, 9.17) is 0 Å². The lowest BCUT2D eigenvalue weighted by Crippen LogP contribution is -2.28. The van der Waals surface area contributed by atoms with Crippen molar-refractivity contribution in [3.63, 3.8) is 0 Å². The van der Waals surface area contributed by atoms with Crippen molar-refractivity contribution in [3.05, 3.63) is 52.9 Å². The first-order valence-electron chi connectivity index (χ1n) is 6.08. The van der Waals surface area contributed by atoms with Gasteiger partial charge in [0.1, 0.15) is 22.9 Å². The highest BCUT2D eigenvalue weighted by Crippen LogP contribution is 2.21. The van der Waals surface area contributed by atoms with Gasteiger partial charge in [-0.25, -0.2) is 22.4 Å². The lowest BCUT2D eigenvalue weighted by molar-refractivity contribution is 0.0219. The van der Waals surface area contributed by atoms with Crippen LogP contribution in [0.1, 0.15) is 32.8 Å². The van der Waals surface area contributed by atoms with Crippen LogP contribution >= 0.6 is 0 Å². The second-order valence-electron chi connectivity index (χ2n) is 4.32. The van der Waals surface area contributed by atoms with Crippen molar-refractivity contribution in [3.8, 4) is 0 Å². The van der Waals surface area contributed by atoms with Gasteiger partial charge >= 0.3 is 5.97 Å². The summed E-state index contributed by atoms with van der Waals surface area (Å²) in [6.07, 6.45) is -2.05. The number of halogens is 4. The predicted octanol–water partition coefficient (Wildman–Crippen LogP) is 2.14. The van der Waals surface area contributed by atoms with Crippen LogP contribution < -0.4 is 5.48 Å². The Bertz CT molecular complexity index is 741. The molecule has 0 aliphatic heterocycles. The number of alkyl halides is 2. The average molecular weight is 331 g/mol. The largest absolute Gasteiger partial charge is 0.368 e. The number of hydroxylamine groups is 1. The molecule has 0 saturated heterocycles. The van der Waals surface area contributed by atoms with E-state index in [0.29, 0.717) is 0 Å². The Morgan fingerprint density at radius 1 is 1.26 bits per heavy atom. The molecule has 0 bridgehead atoms. The van der Waals surface area contributed by atoms with E-state index in [-0.39, 0.29) is 0 Å². The summed E-state index contributed by atoms with van der Waals surface area (Å²) in [7, 11) is 1.31. The fraction of sp³-hybridized carbons (Fsp3) is 0.154. The Hall–Kier alpha value is -2.91. The van der Waals surface area contributed by atoms with Crippen LogP contribution in [0.5, 0.6) is 0 Å². The Balaban J connectivity index is 2.12. The molecule has 2 aromatic rings. The highest BCUT2D eigenvalue weighted by Gasteiger charge is 2.25. The molecule has 1 amide bonds. The van der Waals surface area contributed by atoms with Crippen molar-refractivity contribution in [1.82, 2.24) is 15.3 Å². The van der Waals surface area contributed by atoms with Gasteiger partial charge in [0.05, 0.1) is 5.56 Å². The molecule has 0 spiro atoms. The summed E-state index contributed by atoms with van der Waals surface area (Å²) in [6.45, 7) is 0. The molecule has 1 heterocycles. The molecule has 6 nitrogen and oxygen atoms in total. The van der Waals surface area contributed by atoms with Gasteiger partial charge in [-0.2, -0.15) is 10.6 Å². The molecule has 0 aliphatic carbocycles. The standard InChI is InChI=1S/C13H9F4N3O3/c1-20-5-6(10(18-20)11(16)17)12(21)19-23-13(22)9-7(14)3-2-4-8(9)15/h2-5,11H,1H3,(H,19,21). The lowest BCUT2D eigenvalue weighted by atomic mass is 10.2. The number of aryl methyl sites for hydroxylation is 1. The normalized spacial score (nSPS) is 10.7. The van der Waals surface area contributed by atoms with E-state index in [2.05, 4.69) is 9.94 Å². The molecule has 2 rings (SSSR count). The molecule has 0 saturated carbocycles. The summed E-state index contributed by atoms with van der Waals surface area (Å²) in [5, 5.41) is 3.39. The van der Waals surface area contributed by atoms with Crippen molar-refractivity contribution in [1.29, 1.82) is 0 Å². The molecule has 0 unspecified atom stereocenters. The van der Waals surface area contributed by atoms with Crippen LogP contribution in [0.3, 0.4) is 0 Å². The second-order valence-corrected chi connectivity index (χ2v) is 4.32. The number of amides is 1. The summed E-state index contributed by atoms with van der Waals surface area (Å²) < 4.78 is 53.1. The Morgan fingerprint density at radius 2 is 1.87 bits per heavy atom. The maximum absolute atomic E-state index is 13.4. The first-order valence-corrected chi connectivity index (χ1v) is 6.08. The van der Waals surface area contributed by atoms with Gasteiger partial charge in [0.2, 0.25) is 0 Å². The van der Waals surface area contributed by atoms with Crippen molar-refractivity contribution in [2.75, 3.05) is 0 Å². The topological polar surface area (TPSA) is 73.2 Å². The Morgan fingerprint density at radius 3 is 2.43 bits per heavy atom. The van der Waals surface area contributed by atoms with E-state index in [1.165, 1.54) is 7.05 Å². The molecule has 0 atom stereocenters. The first-order chi connectivity index (χ1) is 10.8. The van der Waals surface area contributed by atoms with E-state index >= 15 is 0 Å². The molecule has 0 radical (unpaired) electrons. The van der Waals surface area contributed by atoms with Crippen LogP contribution in [0.4, 0.5) is 17.6 Å². The van der Waals surface area contributed by atoms with Gasteiger partial charge in [-0.1, -0.05) is 6.07 Å². The number of carbonyl (C=O) groups excluding carboxylic acids is 2. The van der Waals surface area contributed by atoms with Gasteiger partial charge in [-0.05, 0) is 12.1 Å². The number of hydrogen-bond donors (Lipinski definition) is 1. The molecular weight excluding hydrogens is 322 g/mol. The number of carbonyl (C=O) groups is 2. The van der Waals surface area contributed by atoms with Gasteiger partial charge in [-0.3, -0.25) is 9.48 Å². The van der Waals surface area contributed by atoms with Crippen molar-refractivity contribution >= 4 is 11.9 Å². The summed E-state index contributed by atoms with van der Waals surface area (Å²) in [5.74, 6) is -5.12. The molecule has 0 fully saturated rings. The number of nitrogens with zero attached hydrogens (tertiary/aromatic N) is 2. The van der Waals surface area contributed by atoms with Gasteiger partial charge in [-0.15, -0.1) is 0 Å². The average Bonchev–Trinajstić information content (AvgIpc) is 2.87. The zero-order valence-electron chi connectivity index (χ0n) is 11.5. The van der Waals surface area contributed by atoms with Gasteiger partial charge in [0, 0.05) is 13.2 Å². The van der Waals surface area contributed by atoms with Crippen molar-refractivity contribution in [2.24, 2.45) is 7.05 Å². The third-order valence-corrected chi connectivity index (χ3v) is 2.71. The minimum atomic E-state index is -3.03. The molecule has 10 heteroatoms. The second kappa shape index (κ2) is 6.46. The van der Waals surface area contributed by atoms with Crippen LogP contribution in [-0.4, -0.2) is 21.7 Å². The van der Waals surface area contributed by atoms with Gasteiger partial charge < -0.3 is 4.84 Å². The van der Waals surface area contributed by atoms with Crippen LogP contribution in [0, 0.1) is 11.6 Å². The zero-order valence-corrected chi connectivity index (χ0v) is 11.5. The monoisotopic (exact) mass is 331 g/mol. The quantitative estimate of drug-likeness (QED) is 0.691. The van der Waals surface area contributed by atoms with E-state index in [0.717, 1.165) is 29.1 Å². The molecule has 1 N–H and O–H groups in total. The predicted molar refractivity (Wildman–Crippen MR) is 67.4 cm³/mol. The molecular formula is C13H9F4N3O3. The maximum atomic E-state index is 13.4. The molecule has 23 heavy (non-hydrogen) atoms. The van der Waals surface area contributed by atoms with Crippen LogP contribution in [0.15, 0.2) is 24.4 Å². The smallest absolute Gasteiger partial charge is 0.335 e. The van der Waals surface area contributed by atoms with E-state index in [1.807, 2.05) is 0 Å². The van der Waals surface area contributed by atoms with E-state index < -0.39 is 46.8 Å². The summed E-state index contributed by atoms with van der Waals surface area (Å²) >= 11 is 0.